The largest absolute Gasteiger partial charge is 0.416 e. The fourth-order valence-electron chi connectivity index (χ4n) is 3.13. The van der Waals surface area contributed by atoms with Gasteiger partial charge >= 0.3 is 6.18 Å². The number of nitriles is 1. The highest BCUT2D eigenvalue weighted by atomic mass is 19.4. The van der Waals surface area contributed by atoms with Crippen molar-refractivity contribution in [3.63, 3.8) is 0 Å². The average molecular weight is 338 g/mol. The first-order valence-electron chi connectivity index (χ1n) is 7.85. The molecule has 7 heteroatoms. The number of carbonyl (C=O) groups excluding carboxylic acids is 1. The number of halogens is 3. The van der Waals surface area contributed by atoms with Crippen LogP contribution in [0.4, 0.5) is 13.2 Å². The molecule has 1 saturated carbocycles. The van der Waals surface area contributed by atoms with Gasteiger partial charge in [0.25, 0.3) is 0 Å². The molecule has 1 aromatic carbocycles. The number of nitrogens with zero attached hydrogens (tertiary/aromatic N) is 1. The molecule has 4 atom stereocenters. The minimum atomic E-state index is -4.39. The Balaban J connectivity index is 1.62. The van der Waals surface area contributed by atoms with Crippen molar-refractivity contribution in [2.75, 3.05) is 13.2 Å². The van der Waals surface area contributed by atoms with Crippen molar-refractivity contribution in [1.29, 1.82) is 5.26 Å². The number of hydrogen-bond acceptors (Lipinski definition) is 3. The molecule has 3 rings (SSSR count). The summed E-state index contributed by atoms with van der Waals surface area (Å²) in [6.07, 6.45) is -3.16. The van der Waals surface area contributed by atoms with Crippen LogP contribution in [0.5, 0.6) is 0 Å². The molecule has 1 N–H and O–H groups in total. The standard InChI is InChI=1S/C17H17F3N2O2/c18-17(19,20)12-3-1-2-10(6-12)13-7-14(13)16(23)22-15(8-21)11-4-5-24-9-11/h1-3,6,11,13-15H,4-5,7,9H2,(H,22,23)/t11-,13-,14-,15+/m1/s1. The molecule has 1 aromatic rings. The third kappa shape index (κ3) is 3.54. The summed E-state index contributed by atoms with van der Waals surface area (Å²) in [5.74, 6) is -0.876. The van der Waals surface area contributed by atoms with Crippen molar-refractivity contribution in [3.05, 3.63) is 35.4 Å². The quantitative estimate of drug-likeness (QED) is 0.918. The van der Waals surface area contributed by atoms with Gasteiger partial charge in [-0.15, -0.1) is 0 Å². The molecule has 1 saturated heterocycles. The Hall–Kier alpha value is -2.07. The van der Waals surface area contributed by atoms with E-state index in [0.717, 1.165) is 18.6 Å². The first-order valence-corrected chi connectivity index (χ1v) is 7.85. The van der Waals surface area contributed by atoms with Crippen LogP contribution in [-0.4, -0.2) is 25.2 Å². The molecule has 1 aliphatic heterocycles. The third-order valence-corrected chi connectivity index (χ3v) is 4.64. The first-order chi connectivity index (χ1) is 11.4. The summed E-state index contributed by atoms with van der Waals surface area (Å²) in [7, 11) is 0. The van der Waals surface area contributed by atoms with Crippen LogP contribution in [0, 0.1) is 23.2 Å². The smallest absolute Gasteiger partial charge is 0.381 e. The van der Waals surface area contributed by atoms with Gasteiger partial charge in [0.1, 0.15) is 6.04 Å². The van der Waals surface area contributed by atoms with E-state index in [1.807, 2.05) is 0 Å². The summed E-state index contributed by atoms with van der Waals surface area (Å²) >= 11 is 0. The molecule has 0 radical (unpaired) electrons. The lowest BCUT2D eigenvalue weighted by Gasteiger charge is -2.16. The van der Waals surface area contributed by atoms with E-state index in [-0.39, 0.29) is 23.7 Å². The molecule has 4 nitrogen and oxygen atoms in total. The van der Waals surface area contributed by atoms with Gasteiger partial charge < -0.3 is 10.1 Å². The third-order valence-electron chi connectivity index (χ3n) is 4.64. The molecule has 0 aromatic heterocycles. The molecule has 24 heavy (non-hydrogen) atoms. The van der Waals surface area contributed by atoms with E-state index in [4.69, 9.17) is 4.74 Å². The number of rotatable bonds is 4. The maximum atomic E-state index is 12.8. The molecule has 0 unspecified atom stereocenters. The van der Waals surface area contributed by atoms with Gasteiger partial charge in [-0.2, -0.15) is 18.4 Å². The van der Waals surface area contributed by atoms with E-state index in [1.165, 1.54) is 6.07 Å². The van der Waals surface area contributed by atoms with Gasteiger partial charge in [0.2, 0.25) is 5.91 Å². The lowest BCUT2D eigenvalue weighted by molar-refractivity contribution is -0.137. The topological polar surface area (TPSA) is 62.1 Å². The number of hydrogen-bond donors (Lipinski definition) is 1. The summed E-state index contributed by atoms with van der Waals surface area (Å²) in [4.78, 5) is 12.3. The van der Waals surface area contributed by atoms with Crippen LogP contribution in [0.3, 0.4) is 0 Å². The Kier molecular flexibility index (Phi) is 4.50. The summed E-state index contributed by atoms with van der Waals surface area (Å²) < 4.78 is 43.5. The highest BCUT2D eigenvalue weighted by Gasteiger charge is 2.45. The van der Waals surface area contributed by atoms with Gasteiger partial charge in [-0.05, 0) is 30.4 Å². The van der Waals surface area contributed by atoms with Crippen LogP contribution in [0.2, 0.25) is 0 Å². The van der Waals surface area contributed by atoms with Crippen LogP contribution in [0.15, 0.2) is 24.3 Å². The molecule has 2 fully saturated rings. The Morgan fingerprint density at radius 2 is 2.21 bits per heavy atom. The molecule has 1 heterocycles. The van der Waals surface area contributed by atoms with Gasteiger partial charge in [0, 0.05) is 18.4 Å². The number of amides is 1. The van der Waals surface area contributed by atoms with Crippen molar-refractivity contribution in [2.45, 2.75) is 31.0 Å². The van der Waals surface area contributed by atoms with E-state index in [2.05, 4.69) is 11.4 Å². The Labute approximate surface area is 137 Å². The molecular formula is C17H17F3N2O2. The summed E-state index contributed by atoms with van der Waals surface area (Å²) in [5.41, 5.74) is -0.188. The number of ether oxygens (including phenoxy) is 1. The van der Waals surface area contributed by atoms with E-state index in [1.54, 1.807) is 6.07 Å². The predicted molar refractivity (Wildman–Crippen MR) is 78.8 cm³/mol. The van der Waals surface area contributed by atoms with Crippen LogP contribution >= 0.6 is 0 Å². The maximum Gasteiger partial charge on any atom is 0.416 e. The van der Waals surface area contributed by atoms with Crippen LogP contribution in [0.1, 0.15) is 29.9 Å². The van der Waals surface area contributed by atoms with Crippen LogP contribution in [-0.2, 0) is 15.7 Å². The highest BCUT2D eigenvalue weighted by Crippen LogP contribution is 2.48. The molecule has 128 valence electrons. The molecule has 2 aliphatic rings. The number of nitrogens with one attached hydrogen (secondary N) is 1. The second-order valence-electron chi connectivity index (χ2n) is 6.31. The summed E-state index contributed by atoms with van der Waals surface area (Å²) in [6, 6.07) is 6.57. The second-order valence-corrected chi connectivity index (χ2v) is 6.31. The maximum absolute atomic E-state index is 12.8. The normalized spacial score (nSPS) is 27.3. The molecular weight excluding hydrogens is 321 g/mol. The van der Waals surface area contributed by atoms with Crippen LogP contribution in [0.25, 0.3) is 0 Å². The molecule has 0 spiro atoms. The fraction of sp³-hybridized carbons (Fsp3) is 0.529. The van der Waals surface area contributed by atoms with Gasteiger partial charge in [-0.1, -0.05) is 18.2 Å². The minimum absolute atomic E-state index is 0.0234. The van der Waals surface area contributed by atoms with Gasteiger partial charge in [0.05, 0.1) is 18.2 Å². The lowest BCUT2D eigenvalue weighted by Crippen LogP contribution is -2.40. The van der Waals surface area contributed by atoms with Gasteiger partial charge in [-0.3, -0.25) is 4.79 Å². The first kappa shape index (κ1) is 16.8. The van der Waals surface area contributed by atoms with Crippen molar-refractivity contribution >= 4 is 5.91 Å². The summed E-state index contributed by atoms with van der Waals surface area (Å²) in [5, 5.41) is 11.9. The van der Waals surface area contributed by atoms with E-state index >= 15 is 0 Å². The Bertz CT molecular complexity index is 663. The Morgan fingerprint density at radius 3 is 2.83 bits per heavy atom. The van der Waals surface area contributed by atoms with E-state index < -0.39 is 17.8 Å². The van der Waals surface area contributed by atoms with Crippen molar-refractivity contribution < 1.29 is 22.7 Å². The van der Waals surface area contributed by atoms with Crippen molar-refractivity contribution in [1.82, 2.24) is 5.32 Å². The van der Waals surface area contributed by atoms with Crippen molar-refractivity contribution in [2.24, 2.45) is 11.8 Å². The van der Waals surface area contributed by atoms with E-state index in [0.29, 0.717) is 25.2 Å². The zero-order valence-corrected chi connectivity index (χ0v) is 12.8. The summed E-state index contributed by atoms with van der Waals surface area (Å²) in [6.45, 7) is 1.02. The average Bonchev–Trinajstić information content (AvgIpc) is 3.18. The number of alkyl halides is 3. The lowest BCUT2D eigenvalue weighted by atomic mass is 10.00. The zero-order chi connectivity index (χ0) is 17.3. The monoisotopic (exact) mass is 338 g/mol. The second kappa shape index (κ2) is 6.44. The molecule has 1 amide bonds. The zero-order valence-electron chi connectivity index (χ0n) is 12.8. The molecule has 1 aliphatic carbocycles. The number of carbonyl (C=O) groups is 1. The minimum Gasteiger partial charge on any atom is -0.381 e. The highest BCUT2D eigenvalue weighted by molar-refractivity contribution is 5.83. The fourth-order valence-corrected chi connectivity index (χ4v) is 3.13. The van der Waals surface area contributed by atoms with Crippen molar-refractivity contribution in [3.8, 4) is 6.07 Å². The predicted octanol–water partition coefficient (Wildman–Crippen LogP) is 2.85. The SMILES string of the molecule is N#C[C@H](NC(=O)[C@@H]1C[C@@H]1c1cccc(C(F)(F)F)c1)[C@@H]1CCOC1. The van der Waals surface area contributed by atoms with Crippen LogP contribution < -0.4 is 5.32 Å². The Morgan fingerprint density at radius 1 is 1.42 bits per heavy atom. The molecule has 0 bridgehead atoms. The number of benzene rings is 1. The van der Waals surface area contributed by atoms with Gasteiger partial charge in [-0.25, -0.2) is 0 Å². The van der Waals surface area contributed by atoms with Gasteiger partial charge in [0.15, 0.2) is 0 Å². The van der Waals surface area contributed by atoms with E-state index in [9.17, 15) is 23.2 Å².